The fourth-order valence-electron chi connectivity index (χ4n) is 2.45. The van der Waals surface area contributed by atoms with Crippen molar-refractivity contribution in [1.82, 2.24) is 16.0 Å². The quantitative estimate of drug-likeness (QED) is 0.149. The molecule has 0 fully saturated rings. The highest BCUT2D eigenvalue weighted by Gasteiger charge is 2.26. The monoisotopic (exact) mass is 465 g/mol. The molecule has 0 aromatic heterocycles. The number of nitrogens with one attached hydrogen (secondary N) is 3. The molecule has 0 rings (SSSR count). The summed E-state index contributed by atoms with van der Waals surface area (Å²) < 4.78 is 0. The number of carboxylic acid groups (broad SMARTS) is 1. The summed E-state index contributed by atoms with van der Waals surface area (Å²) in [7, 11) is 0. The second-order valence-corrected chi connectivity index (χ2v) is 8.66. The third-order valence-corrected chi connectivity index (χ3v) is 5.50. The molecule has 0 bridgehead atoms. The van der Waals surface area contributed by atoms with Crippen LogP contribution in [0.3, 0.4) is 0 Å². The molecule has 8 N–H and O–H groups in total. The fourth-order valence-corrected chi connectivity index (χ4v) is 3.40. The van der Waals surface area contributed by atoms with E-state index in [2.05, 4.69) is 16.0 Å². The maximum atomic E-state index is 12.5. The molecule has 0 aromatic carbocycles. The van der Waals surface area contributed by atoms with E-state index in [1.165, 1.54) is 23.5 Å². The van der Waals surface area contributed by atoms with Gasteiger partial charge in [0.1, 0.15) is 12.1 Å². The van der Waals surface area contributed by atoms with Gasteiger partial charge in [0.05, 0.1) is 12.6 Å². The lowest BCUT2D eigenvalue weighted by Gasteiger charge is -2.21. The lowest BCUT2D eigenvalue weighted by Crippen LogP contribution is -2.54. The second-order valence-electron chi connectivity index (χ2n) is 6.69. The van der Waals surface area contributed by atoms with Crippen molar-refractivity contribution in [2.45, 2.75) is 50.2 Å². The third kappa shape index (κ3) is 12.9. The molecule has 0 aliphatic carbocycles. The number of nitrogens with two attached hydrogens (primary N) is 2. The normalized spacial score (nSPS) is 13.7. The van der Waals surface area contributed by atoms with Gasteiger partial charge >= 0.3 is 5.97 Å². The van der Waals surface area contributed by atoms with Crippen molar-refractivity contribution in [3.05, 3.63) is 0 Å². The number of aliphatic carboxylic acids is 1. The average Bonchev–Trinajstić information content (AvgIpc) is 2.71. The number of hydrogen-bond donors (Lipinski definition) is 6. The number of carbonyl (C=O) groups is 4. The van der Waals surface area contributed by atoms with Crippen LogP contribution in [-0.2, 0) is 19.2 Å². The highest BCUT2D eigenvalue weighted by Crippen LogP contribution is 2.05. The number of amides is 3. The molecule has 0 saturated heterocycles. The van der Waals surface area contributed by atoms with E-state index in [-0.39, 0.29) is 13.0 Å². The fraction of sp³-hybridized carbons (Fsp3) is 0.778. The summed E-state index contributed by atoms with van der Waals surface area (Å²) in [6.07, 6.45) is 6.28. The zero-order chi connectivity index (χ0) is 22.9. The number of carboxylic acids is 1. The van der Waals surface area contributed by atoms with Crippen LogP contribution in [0, 0.1) is 0 Å². The Kier molecular flexibility index (Phi) is 16.3. The minimum atomic E-state index is -1.12. The number of hydrogen-bond acceptors (Lipinski definition) is 8. The lowest BCUT2D eigenvalue weighted by atomic mass is 10.1. The summed E-state index contributed by atoms with van der Waals surface area (Å²) in [4.78, 5) is 48.1. The van der Waals surface area contributed by atoms with Gasteiger partial charge in [-0.05, 0) is 56.2 Å². The SMILES string of the molecule is CSCCC(NC(=O)C(CCSC)NC(=O)CNC(=O)C(N)CCCCN)C(=O)O. The first kappa shape index (κ1) is 28.5. The molecule has 174 valence electrons. The summed E-state index contributed by atoms with van der Waals surface area (Å²) >= 11 is 2.98. The summed E-state index contributed by atoms with van der Waals surface area (Å²) in [5, 5.41) is 16.8. The molecule has 3 unspecified atom stereocenters. The molecule has 0 aromatic rings. The molecular formula is C18H35N5O5S2. The summed E-state index contributed by atoms with van der Waals surface area (Å²) in [5.41, 5.74) is 11.2. The van der Waals surface area contributed by atoms with Crippen LogP contribution in [0.4, 0.5) is 0 Å². The van der Waals surface area contributed by atoms with Gasteiger partial charge in [-0.3, -0.25) is 14.4 Å². The maximum Gasteiger partial charge on any atom is 0.326 e. The average molecular weight is 466 g/mol. The van der Waals surface area contributed by atoms with Gasteiger partial charge in [0.25, 0.3) is 0 Å². The van der Waals surface area contributed by atoms with E-state index in [9.17, 15) is 24.3 Å². The highest BCUT2D eigenvalue weighted by molar-refractivity contribution is 7.98. The molecule has 0 heterocycles. The Labute approximate surface area is 186 Å². The number of rotatable bonds is 17. The molecule has 3 amide bonds. The standard InChI is InChI=1S/C18H35N5O5S2/c1-29-9-6-13(17(26)23-14(18(27)28)7-10-30-2)22-15(24)11-21-16(25)12(20)5-3-4-8-19/h12-14H,3-11,19-20H2,1-2H3,(H,21,25)(H,22,24)(H,23,26)(H,27,28). The van der Waals surface area contributed by atoms with Crippen molar-refractivity contribution in [2.24, 2.45) is 11.5 Å². The molecule has 3 atom stereocenters. The van der Waals surface area contributed by atoms with Crippen LogP contribution in [0.5, 0.6) is 0 Å². The van der Waals surface area contributed by atoms with Gasteiger partial charge in [0.2, 0.25) is 17.7 Å². The summed E-state index contributed by atoms with van der Waals surface area (Å²) in [5.74, 6) is -1.50. The van der Waals surface area contributed by atoms with Gasteiger partial charge in [-0.1, -0.05) is 6.42 Å². The van der Waals surface area contributed by atoms with Gasteiger partial charge in [-0.15, -0.1) is 0 Å². The van der Waals surface area contributed by atoms with Crippen molar-refractivity contribution in [3.63, 3.8) is 0 Å². The largest absolute Gasteiger partial charge is 0.480 e. The Hall–Kier alpha value is -1.50. The first-order valence-corrected chi connectivity index (χ1v) is 12.6. The van der Waals surface area contributed by atoms with E-state index < -0.39 is 41.8 Å². The molecule has 10 nitrogen and oxygen atoms in total. The molecular weight excluding hydrogens is 430 g/mol. The van der Waals surface area contributed by atoms with Gasteiger partial charge in [-0.2, -0.15) is 23.5 Å². The maximum absolute atomic E-state index is 12.5. The first-order valence-electron chi connectivity index (χ1n) is 9.80. The van der Waals surface area contributed by atoms with Gasteiger partial charge < -0.3 is 32.5 Å². The van der Waals surface area contributed by atoms with Gasteiger partial charge in [-0.25, -0.2) is 4.79 Å². The van der Waals surface area contributed by atoms with Crippen LogP contribution in [0.2, 0.25) is 0 Å². The van der Waals surface area contributed by atoms with Crippen LogP contribution in [0.25, 0.3) is 0 Å². The van der Waals surface area contributed by atoms with Crippen LogP contribution < -0.4 is 27.4 Å². The minimum Gasteiger partial charge on any atom is -0.480 e. The minimum absolute atomic E-state index is 0.281. The molecule has 0 saturated carbocycles. The van der Waals surface area contributed by atoms with Crippen LogP contribution in [0.1, 0.15) is 32.1 Å². The van der Waals surface area contributed by atoms with Crippen molar-refractivity contribution < 1.29 is 24.3 Å². The number of unbranched alkanes of at least 4 members (excludes halogenated alkanes) is 1. The number of thioether (sulfide) groups is 2. The van der Waals surface area contributed by atoms with Crippen molar-refractivity contribution >= 4 is 47.2 Å². The predicted octanol–water partition coefficient (Wildman–Crippen LogP) is -0.881. The Morgan fingerprint density at radius 3 is 2.03 bits per heavy atom. The number of carbonyl (C=O) groups excluding carboxylic acids is 3. The summed E-state index contributed by atoms with van der Waals surface area (Å²) in [6.45, 7) is 0.206. The van der Waals surface area contributed by atoms with Crippen LogP contribution >= 0.6 is 23.5 Å². The van der Waals surface area contributed by atoms with E-state index in [1.807, 2.05) is 12.5 Å². The molecule has 0 aliphatic heterocycles. The highest BCUT2D eigenvalue weighted by atomic mass is 32.2. The topological polar surface area (TPSA) is 177 Å². The Morgan fingerprint density at radius 2 is 1.50 bits per heavy atom. The van der Waals surface area contributed by atoms with Crippen LogP contribution in [-0.4, -0.2) is 84.0 Å². The Morgan fingerprint density at radius 1 is 0.900 bits per heavy atom. The van der Waals surface area contributed by atoms with Gasteiger partial charge in [0.15, 0.2) is 0 Å². The molecule has 0 spiro atoms. The van der Waals surface area contributed by atoms with E-state index in [1.54, 1.807) is 0 Å². The Balaban J connectivity index is 4.71. The Bertz CT molecular complexity index is 553. The van der Waals surface area contributed by atoms with Gasteiger partial charge in [0, 0.05) is 0 Å². The zero-order valence-electron chi connectivity index (χ0n) is 17.6. The third-order valence-electron chi connectivity index (χ3n) is 4.22. The van der Waals surface area contributed by atoms with E-state index in [0.29, 0.717) is 30.9 Å². The lowest BCUT2D eigenvalue weighted by molar-refractivity contribution is -0.142. The smallest absolute Gasteiger partial charge is 0.326 e. The van der Waals surface area contributed by atoms with Crippen molar-refractivity contribution in [1.29, 1.82) is 0 Å². The van der Waals surface area contributed by atoms with Crippen molar-refractivity contribution in [3.8, 4) is 0 Å². The van der Waals surface area contributed by atoms with E-state index in [4.69, 9.17) is 11.5 Å². The molecule has 0 radical (unpaired) electrons. The molecule has 30 heavy (non-hydrogen) atoms. The molecule has 0 aliphatic rings. The summed E-state index contributed by atoms with van der Waals surface area (Å²) in [6, 6.07) is -2.64. The van der Waals surface area contributed by atoms with E-state index >= 15 is 0 Å². The second kappa shape index (κ2) is 17.2. The van der Waals surface area contributed by atoms with Crippen molar-refractivity contribution in [2.75, 3.05) is 37.1 Å². The molecule has 12 heteroatoms. The zero-order valence-corrected chi connectivity index (χ0v) is 19.3. The van der Waals surface area contributed by atoms with E-state index in [0.717, 1.165) is 12.8 Å². The first-order chi connectivity index (χ1) is 14.3. The van der Waals surface area contributed by atoms with Crippen LogP contribution in [0.15, 0.2) is 0 Å². The predicted molar refractivity (Wildman–Crippen MR) is 121 cm³/mol.